The molecule has 2 fully saturated rings. The zero-order valence-electron chi connectivity index (χ0n) is 47.6. The van der Waals surface area contributed by atoms with Gasteiger partial charge in [-0.1, -0.05) is 114 Å². The van der Waals surface area contributed by atoms with Crippen LogP contribution in [0.25, 0.3) is 0 Å². The van der Waals surface area contributed by atoms with Crippen molar-refractivity contribution in [2.24, 2.45) is 23.7 Å². The second-order valence-electron chi connectivity index (χ2n) is 21.3. The molecule has 6 amide bonds. The molecule has 0 spiro atoms. The summed E-state index contributed by atoms with van der Waals surface area (Å²) in [4.78, 5) is 105. The van der Waals surface area contributed by atoms with Gasteiger partial charge in [-0.05, 0) is 96.0 Å². The molecule has 434 valence electrons. The van der Waals surface area contributed by atoms with Gasteiger partial charge in [0, 0.05) is 53.2 Å². The van der Waals surface area contributed by atoms with Crippen molar-refractivity contribution in [2.75, 3.05) is 40.2 Å². The molecule has 1 aromatic heterocycles. The molecule has 2 aromatic carbocycles. The molecule has 8 unspecified atom stereocenters. The smallest absolute Gasteiger partial charge is 0.411 e. The number of likely N-dealkylation sites (tertiary alicyclic amines) is 1. The van der Waals surface area contributed by atoms with Crippen molar-refractivity contribution < 1.29 is 57.6 Å². The van der Waals surface area contributed by atoms with Gasteiger partial charge in [0.15, 0.2) is 0 Å². The zero-order chi connectivity index (χ0) is 57.9. The number of rotatable bonds is 28. The number of ether oxygens (including phenoxy) is 4. The molecule has 11 atom stereocenters. The van der Waals surface area contributed by atoms with Crippen LogP contribution in [-0.2, 0) is 55.9 Å². The minimum Gasteiger partial charge on any atom is -0.480 e. The predicted molar refractivity (Wildman–Crippen MR) is 305 cm³/mol. The summed E-state index contributed by atoms with van der Waals surface area (Å²) in [6.45, 7) is 13.2. The van der Waals surface area contributed by atoms with Gasteiger partial charge in [0.2, 0.25) is 23.6 Å². The first-order valence-electron chi connectivity index (χ1n) is 27.4. The average Bonchev–Trinajstić information content (AvgIpc) is 4.17. The molecule has 1 saturated carbocycles. The van der Waals surface area contributed by atoms with Crippen molar-refractivity contribution in [1.82, 2.24) is 30.3 Å². The van der Waals surface area contributed by atoms with Crippen LogP contribution in [0.15, 0.2) is 84.0 Å². The fourth-order valence-electron chi connectivity index (χ4n) is 10.5. The summed E-state index contributed by atoms with van der Waals surface area (Å²) in [6, 6.07) is 17.3. The number of carbonyl (C=O) groups is 7. The minimum absolute atomic E-state index is 0.0971. The molecule has 1 saturated heterocycles. The van der Waals surface area contributed by atoms with E-state index < -0.39 is 84.2 Å². The second kappa shape index (κ2) is 31.2. The number of carbonyl (C=O) groups excluding carboxylic acids is 6. The number of benzene rings is 2. The van der Waals surface area contributed by atoms with E-state index in [1.807, 2.05) is 52.0 Å². The highest BCUT2D eigenvalue weighted by Gasteiger charge is 2.44. The van der Waals surface area contributed by atoms with Crippen LogP contribution in [0.5, 0.6) is 0 Å². The summed E-state index contributed by atoms with van der Waals surface area (Å²) in [7, 11) is 9.33. The molecule has 2 heterocycles. The maximum Gasteiger partial charge on any atom is 0.411 e. The summed E-state index contributed by atoms with van der Waals surface area (Å²) in [5, 5.41) is 19.4. The second-order valence-corrected chi connectivity index (χ2v) is 23.8. The number of hydrogen-bond donors (Lipinski definition) is 4. The van der Waals surface area contributed by atoms with Gasteiger partial charge < -0.3 is 44.5 Å². The van der Waals surface area contributed by atoms with Crippen molar-refractivity contribution in [1.29, 1.82) is 0 Å². The number of hydrogen-bond acceptors (Lipinski definition) is 14. The first-order valence-corrected chi connectivity index (χ1v) is 29.6. The van der Waals surface area contributed by atoms with Crippen LogP contribution in [0.4, 0.5) is 15.3 Å². The van der Waals surface area contributed by atoms with Crippen LogP contribution in [0, 0.1) is 23.7 Å². The van der Waals surface area contributed by atoms with Crippen LogP contribution in [0.3, 0.4) is 0 Å². The third kappa shape index (κ3) is 18.1. The Labute approximate surface area is 474 Å². The SMILES string of the molecule is CCC(C)C(C(CC(=O)N1CCC[C@H]1C(OC)C(C)C(=O)NC(Cc1ccccc1)C(=O)O)OC)N(C)C(=O)C(NC(=O)C(C(C)C)N(C)C(=O)OCc1ccc(NC(=O)O[C@@H]2CCC[C@H]2SSc2ccccn2)cc1)C(C)C. The van der Waals surface area contributed by atoms with E-state index in [9.17, 15) is 38.7 Å². The van der Waals surface area contributed by atoms with E-state index in [1.165, 1.54) is 26.2 Å². The van der Waals surface area contributed by atoms with Crippen molar-refractivity contribution in [3.63, 3.8) is 0 Å². The Hall–Kier alpha value is -5.90. The standard InChI is InChI=1S/C58H83N7O12S2/c1-12-37(6)51(45(74-10)33-48(66)65-31-19-22-43(65)52(75-11)38(7)53(67)61-42(56(70)71)32-39-20-14-13-15-21-39)63(8)55(69)49(35(2)3)62-54(68)50(36(4)5)64(9)58(73)76-34-40-26-28-41(29-27-40)60-57(72)77-44-23-18-24-46(44)78-79-47-25-16-17-30-59-47/h13-17,20-21,25-30,35-38,42-46,49-52H,12,18-19,22-24,31-34H2,1-11H3,(H,60,72)(H,61,67)(H,62,68)(H,70,71)/t37?,38?,42?,43-,44+,45?,46+,49?,50?,51?,52?/m0/s1. The van der Waals surface area contributed by atoms with E-state index in [0.717, 1.165) is 29.9 Å². The maximum absolute atomic E-state index is 14.7. The van der Waals surface area contributed by atoms with Gasteiger partial charge in [-0.25, -0.2) is 19.4 Å². The van der Waals surface area contributed by atoms with E-state index in [2.05, 4.69) is 20.9 Å². The van der Waals surface area contributed by atoms with Crippen LogP contribution in [-0.4, -0.2) is 155 Å². The largest absolute Gasteiger partial charge is 0.480 e. The van der Waals surface area contributed by atoms with Crippen molar-refractivity contribution >= 4 is 69.1 Å². The highest BCUT2D eigenvalue weighted by molar-refractivity contribution is 8.76. The van der Waals surface area contributed by atoms with Gasteiger partial charge in [-0.3, -0.25) is 29.4 Å². The van der Waals surface area contributed by atoms with Gasteiger partial charge in [-0.15, -0.1) is 0 Å². The van der Waals surface area contributed by atoms with Gasteiger partial charge in [-0.2, -0.15) is 0 Å². The third-order valence-electron chi connectivity index (χ3n) is 15.1. The topological polar surface area (TPSA) is 235 Å². The van der Waals surface area contributed by atoms with E-state index in [1.54, 1.807) is 114 Å². The Morgan fingerprint density at radius 3 is 2.10 bits per heavy atom. The molecule has 5 rings (SSSR count). The Kier molecular flexibility index (Phi) is 25.2. The van der Waals surface area contributed by atoms with Gasteiger partial charge in [0.25, 0.3) is 0 Å². The number of carboxylic acids is 1. The fourth-order valence-corrected chi connectivity index (χ4v) is 13.2. The number of nitrogens with one attached hydrogen (secondary N) is 3. The van der Waals surface area contributed by atoms with Gasteiger partial charge in [0.05, 0.1) is 41.9 Å². The molecule has 0 bridgehead atoms. The van der Waals surface area contributed by atoms with Crippen LogP contribution >= 0.6 is 21.6 Å². The summed E-state index contributed by atoms with van der Waals surface area (Å²) < 4.78 is 23.5. The third-order valence-corrected chi connectivity index (χ3v) is 17.9. The Bertz CT molecular complexity index is 2460. The number of aliphatic carboxylic acids is 1. The first-order chi connectivity index (χ1) is 37.7. The molecule has 0 radical (unpaired) electrons. The van der Waals surface area contributed by atoms with Crippen molar-refractivity contribution in [3.8, 4) is 0 Å². The van der Waals surface area contributed by atoms with Crippen molar-refractivity contribution in [2.45, 2.75) is 165 Å². The summed E-state index contributed by atoms with van der Waals surface area (Å²) in [5.74, 6) is -4.60. The lowest BCUT2D eigenvalue weighted by Crippen LogP contribution is -2.60. The lowest BCUT2D eigenvalue weighted by atomic mass is 9.89. The summed E-state index contributed by atoms with van der Waals surface area (Å²) in [6.07, 6.45) is 3.23. The molecule has 3 aromatic rings. The highest BCUT2D eigenvalue weighted by Crippen LogP contribution is 2.42. The number of carboxylic acid groups (broad SMARTS) is 1. The minimum atomic E-state index is -1.17. The van der Waals surface area contributed by atoms with E-state index in [-0.39, 0.29) is 54.5 Å². The summed E-state index contributed by atoms with van der Waals surface area (Å²) >= 11 is 0. The molecule has 1 aliphatic carbocycles. The molecular formula is C58H83N7O12S2. The van der Waals surface area contributed by atoms with Crippen LogP contribution in [0.1, 0.15) is 105 Å². The van der Waals surface area contributed by atoms with E-state index >= 15 is 0 Å². The quantitative estimate of drug-likeness (QED) is 0.0499. The molecule has 4 N–H and O–H groups in total. The lowest BCUT2D eigenvalue weighted by Gasteiger charge is -2.41. The first kappa shape index (κ1) is 63.9. The number of nitrogens with zero attached hydrogens (tertiary/aromatic N) is 4. The fraction of sp³-hybridized carbons (Fsp3) is 0.586. The van der Waals surface area contributed by atoms with E-state index in [0.29, 0.717) is 37.1 Å². The lowest BCUT2D eigenvalue weighted by molar-refractivity contribution is -0.148. The number of amides is 6. The van der Waals surface area contributed by atoms with E-state index in [4.69, 9.17) is 18.9 Å². The number of methoxy groups -OCH3 is 2. The molecule has 1 aliphatic heterocycles. The van der Waals surface area contributed by atoms with Gasteiger partial charge in [0.1, 0.15) is 35.9 Å². The van der Waals surface area contributed by atoms with Crippen molar-refractivity contribution in [3.05, 3.63) is 90.1 Å². The van der Waals surface area contributed by atoms with Crippen LogP contribution in [0.2, 0.25) is 0 Å². The number of anilines is 1. The van der Waals surface area contributed by atoms with Crippen LogP contribution < -0.4 is 16.0 Å². The predicted octanol–water partition coefficient (Wildman–Crippen LogP) is 8.46. The Balaban J connectivity index is 1.17. The molecule has 21 heteroatoms. The maximum atomic E-state index is 14.7. The molecule has 2 aliphatic rings. The normalized spacial score (nSPS) is 19.3. The number of likely N-dealkylation sites (N-methyl/N-ethyl adjacent to an activating group) is 2. The number of pyridine rings is 1. The average molecular weight is 1130 g/mol. The summed E-state index contributed by atoms with van der Waals surface area (Å²) in [5.41, 5.74) is 1.92. The zero-order valence-corrected chi connectivity index (χ0v) is 49.3. The Morgan fingerprint density at radius 1 is 0.797 bits per heavy atom. The van der Waals surface area contributed by atoms with Gasteiger partial charge >= 0.3 is 18.2 Å². The molecular weight excluding hydrogens is 1050 g/mol. The monoisotopic (exact) mass is 1130 g/mol. The molecule has 79 heavy (non-hydrogen) atoms. The number of aromatic nitrogens is 1. The Morgan fingerprint density at radius 2 is 1.49 bits per heavy atom. The highest BCUT2D eigenvalue weighted by atomic mass is 33.1. The molecule has 19 nitrogen and oxygen atoms in total.